The Bertz CT molecular complexity index is 858. The molecule has 0 heterocycles. The molecule has 0 aromatic heterocycles. The Morgan fingerprint density at radius 2 is 1.67 bits per heavy atom. The van der Waals surface area contributed by atoms with Crippen LogP contribution in [0.15, 0.2) is 54.6 Å². The van der Waals surface area contributed by atoms with Crippen molar-refractivity contribution in [1.82, 2.24) is 5.32 Å². The smallest absolute Gasteiger partial charge is 0.243 e. The van der Waals surface area contributed by atoms with Crippen LogP contribution < -0.4 is 14.5 Å². The number of hydrogen-bond acceptors (Lipinski definition) is 4. The molecule has 1 atom stereocenters. The molecule has 6 nitrogen and oxygen atoms in total. The average molecular weight is 393 g/mol. The number of halogens is 1. The third kappa shape index (κ3) is 5.68. The monoisotopic (exact) mass is 393 g/mol. The van der Waals surface area contributed by atoms with E-state index in [1.54, 1.807) is 0 Å². The summed E-state index contributed by atoms with van der Waals surface area (Å²) in [5, 5.41) is 2.76. The number of sulfonamides is 1. The van der Waals surface area contributed by atoms with Crippen molar-refractivity contribution in [3.05, 3.63) is 60.4 Å². The molecule has 0 radical (unpaired) electrons. The summed E-state index contributed by atoms with van der Waals surface area (Å²) in [7, 11) is -1.81. The van der Waals surface area contributed by atoms with Gasteiger partial charge in [-0.25, -0.2) is 12.8 Å². The molecule has 1 unspecified atom stereocenters. The zero-order valence-corrected chi connectivity index (χ0v) is 16.4. The summed E-state index contributed by atoms with van der Waals surface area (Å²) in [4.78, 5) is 14.5. The highest BCUT2D eigenvalue weighted by Gasteiger charge is 2.28. The molecule has 0 saturated carbocycles. The van der Waals surface area contributed by atoms with E-state index < -0.39 is 27.8 Å². The Hall–Kier alpha value is -2.61. The maximum Gasteiger partial charge on any atom is 0.243 e. The summed E-state index contributed by atoms with van der Waals surface area (Å²) < 4.78 is 38.5. The fourth-order valence-corrected chi connectivity index (χ4v) is 3.88. The van der Waals surface area contributed by atoms with Gasteiger partial charge < -0.3 is 10.2 Å². The minimum atomic E-state index is -3.72. The van der Waals surface area contributed by atoms with Crippen LogP contribution in [-0.2, 0) is 14.8 Å². The highest BCUT2D eigenvalue weighted by molar-refractivity contribution is 7.92. The Morgan fingerprint density at radius 1 is 1.07 bits per heavy atom. The van der Waals surface area contributed by atoms with Gasteiger partial charge in [0.15, 0.2) is 0 Å². The topological polar surface area (TPSA) is 69.7 Å². The van der Waals surface area contributed by atoms with Gasteiger partial charge >= 0.3 is 0 Å². The van der Waals surface area contributed by atoms with Crippen molar-refractivity contribution < 1.29 is 17.6 Å². The SMILES string of the molecule is CC(C(=O)NCCN(C)c1ccccc1)N(c1ccc(F)cc1)S(C)(=O)=O. The standard InChI is InChI=1S/C19H24FN3O3S/c1-15(23(27(3,25)26)18-11-9-16(20)10-12-18)19(24)21-13-14-22(2)17-7-5-4-6-8-17/h4-12,15H,13-14H2,1-3H3,(H,21,24). The lowest BCUT2D eigenvalue weighted by Gasteiger charge is -2.28. The summed E-state index contributed by atoms with van der Waals surface area (Å²) in [5.74, 6) is -0.903. The van der Waals surface area contributed by atoms with Gasteiger partial charge in [0.2, 0.25) is 15.9 Å². The fraction of sp³-hybridized carbons (Fsp3) is 0.316. The quantitative estimate of drug-likeness (QED) is 0.747. The number of amides is 1. The number of anilines is 2. The number of para-hydroxylation sites is 1. The molecular formula is C19H24FN3O3S. The van der Waals surface area contributed by atoms with E-state index in [9.17, 15) is 17.6 Å². The molecule has 8 heteroatoms. The number of likely N-dealkylation sites (N-methyl/N-ethyl adjacent to an activating group) is 1. The molecule has 0 aliphatic rings. The molecular weight excluding hydrogens is 369 g/mol. The minimum Gasteiger partial charge on any atom is -0.373 e. The molecule has 0 aliphatic heterocycles. The van der Waals surface area contributed by atoms with Crippen molar-refractivity contribution in [2.75, 3.05) is 35.6 Å². The summed E-state index contributed by atoms with van der Waals surface area (Å²) in [6.07, 6.45) is 1.02. The Morgan fingerprint density at radius 3 is 2.22 bits per heavy atom. The molecule has 27 heavy (non-hydrogen) atoms. The van der Waals surface area contributed by atoms with E-state index in [2.05, 4.69) is 5.32 Å². The summed E-state index contributed by atoms with van der Waals surface area (Å²) in [5.41, 5.74) is 1.26. The normalized spacial score (nSPS) is 12.3. The van der Waals surface area contributed by atoms with Gasteiger partial charge in [-0.05, 0) is 43.3 Å². The summed E-state index contributed by atoms with van der Waals surface area (Å²) in [6.45, 7) is 2.42. The maximum atomic E-state index is 13.1. The van der Waals surface area contributed by atoms with Crippen LogP contribution in [0.5, 0.6) is 0 Å². The number of carbonyl (C=O) groups is 1. The van der Waals surface area contributed by atoms with E-state index in [0.29, 0.717) is 13.1 Å². The second-order valence-corrected chi connectivity index (χ2v) is 8.12. The first-order chi connectivity index (χ1) is 12.7. The van der Waals surface area contributed by atoms with E-state index in [1.165, 1.54) is 19.1 Å². The van der Waals surface area contributed by atoms with Gasteiger partial charge in [-0.1, -0.05) is 18.2 Å². The molecule has 0 bridgehead atoms. The van der Waals surface area contributed by atoms with E-state index in [1.807, 2.05) is 42.3 Å². The van der Waals surface area contributed by atoms with Crippen molar-refractivity contribution in [3.63, 3.8) is 0 Å². The van der Waals surface area contributed by atoms with Crippen molar-refractivity contribution in [1.29, 1.82) is 0 Å². The van der Waals surface area contributed by atoms with Crippen molar-refractivity contribution >= 4 is 27.3 Å². The van der Waals surface area contributed by atoms with Crippen molar-refractivity contribution in [2.45, 2.75) is 13.0 Å². The van der Waals surface area contributed by atoms with E-state index in [0.717, 1.165) is 28.4 Å². The highest BCUT2D eigenvalue weighted by atomic mass is 32.2. The van der Waals surface area contributed by atoms with Crippen LogP contribution in [0.4, 0.5) is 15.8 Å². The zero-order valence-electron chi connectivity index (χ0n) is 15.6. The predicted molar refractivity (Wildman–Crippen MR) is 106 cm³/mol. The van der Waals surface area contributed by atoms with Crippen LogP contribution in [0, 0.1) is 5.82 Å². The Balaban J connectivity index is 2.01. The van der Waals surface area contributed by atoms with Gasteiger partial charge in [0.1, 0.15) is 11.9 Å². The van der Waals surface area contributed by atoms with Crippen LogP contribution >= 0.6 is 0 Å². The van der Waals surface area contributed by atoms with E-state index >= 15 is 0 Å². The van der Waals surface area contributed by atoms with Gasteiger partial charge in [-0.3, -0.25) is 9.10 Å². The van der Waals surface area contributed by atoms with Crippen molar-refractivity contribution in [2.24, 2.45) is 0 Å². The highest BCUT2D eigenvalue weighted by Crippen LogP contribution is 2.21. The number of nitrogens with zero attached hydrogens (tertiary/aromatic N) is 2. The molecule has 2 aromatic rings. The Labute approximate surface area is 159 Å². The Kier molecular flexibility index (Phi) is 6.79. The summed E-state index contributed by atoms with van der Waals surface area (Å²) in [6, 6.07) is 13.7. The third-order valence-electron chi connectivity index (χ3n) is 4.11. The van der Waals surface area contributed by atoms with Gasteiger partial charge in [0.05, 0.1) is 11.9 Å². The molecule has 146 valence electrons. The lowest BCUT2D eigenvalue weighted by Crippen LogP contribution is -2.49. The van der Waals surface area contributed by atoms with Gasteiger partial charge in [0.25, 0.3) is 0 Å². The summed E-state index contributed by atoms with van der Waals surface area (Å²) >= 11 is 0. The minimum absolute atomic E-state index is 0.239. The van der Waals surface area contributed by atoms with Crippen LogP contribution in [0.1, 0.15) is 6.92 Å². The number of hydrogen-bond donors (Lipinski definition) is 1. The van der Waals surface area contributed by atoms with Gasteiger partial charge in [0, 0.05) is 25.8 Å². The van der Waals surface area contributed by atoms with Gasteiger partial charge in [-0.15, -0.1) is 0 Å². The van der Waals surface area contributed by atoms with E-state index in [4.69, 9.17) is 0 Å². The fourth-order valence-electron chi connectivity index (χ4n) is 2.70. The third-order valence-corrected chi connectivity index (χ3v) is 5.35. The molecule has 0 saturated heterocycles. The van der Waals surface area contributed by atoms with Crippen molar-refractivity contribution in [3.8, 4) is 0 Å². The molecule has 0 spiro atoms. The second-order valence-electron chi connectivity index (χ2n) is 6.26. The molecule has 1 N–H and O–H groups in total. The van der Waals surface area contributed by atoms with Crippen LogP contribution in [-0.4, -0.2) is 46.8 Å². The van der Waals surface area contributed by atoms with Crippen LogP contribution in [0.3, 0.4) is 0 Å². The predicted octanol–water partition coefficient (Wildman–Crippen LogP) is 2.23. The first-order valence-electron chi connectivity index (χ1n) is 8.49. The number of rotatable bonds is 8. The van der Waals surface area contributed by atoms with Crippen LogP contribution in [0.25, 0.3) is 0 Å². The zero-order chi connectivity index (χ0) is 20.0. The second kappa shape index (κ2) is 8.85. The molecule has 2 aromatic carbocycles. The van der Waals surface area contributed by atoms with E-state index in [-0.39, 0.29) is 5.69 Å². The number of carbonyl (C=O) groups excluding carboxylic acids is 1. The van der Waals surface area contributed by atoms with Crippen LogP contribution in [0.2, 0.25) is 0 Å². The number of benzene rings is 2. The molecule has 1 amide bonds. The number of nitrogens with one attached hydrogen (secondary N) is 1. The average Bonchev–Trinajstić information content (AvgIpc) is 2.63. The largest absolute Gasteiger partial charge is 0.373 e. The van der Waals surface area contributed by atoms with Gasteiger partial charge in [-0.2, -0.15) is 0 Å². The lowest BCUT2D eigenvalue weighted by molar-refractivity contribution is -0.121. The maximum absolute atomic E-state index is 13.1. The molecule has 0 fully saturated rings. The first-order valence-corrected chi connectivity index (χ1v) is 10.3. The first kappa shape index (κ1) is 20.7. The molecule has 2 rings (SSSR count). The lowest BCUT2D eigenvalue weighted by atomic mass is 10.2. The molecule has 0 aliphatic carbocycles.